The molecule has 1 aromatic rings. The molecule has 0 spiro atoms. The molecule has 1 aliphatic rings. The second kappa shape index (κ2) is 6.01. The second-order valence-corrected chi connectivity index (χ2v) is 5.20. The Morgan fingerprint density at radius 3 is 2.70 bits per heavy atom. The zero-order valence-corrected chi connectivity index (χ0v) is 11.3. The molecule has 1 fully saturated rings. The number of anilines is 1. The highest BCUT2D eigenvalue weighted by atomic mass is 35.5. The minimum atomic E-state index is -4.49. The molecule has 1 heterocycles. The van der Waals surface area contributed by atoms with Gasteiger partial charge >= 0.3 is 6.18 Å². The molecule has 20 heavy (non-hydrogen) atoms. The van der Waals surface area contributed by atoms with Crippen molar-refractivity contribution in [3.63, 3.8) is 0 Å². The fraction of sp³-hybridized carbons (Fsp3) is 0.462. The van der Waals surface area contributed by atoms with E-state index in [4.69, 9.17) is 11.6 Å². The van der Waals surface area contributed by atoms with Gasteiger partial charge in [0.1, 0.15) is 0 Å². The van der Waals surface area contributed by atoms with Gasteiger partial charge in [0.2, 0.25) is 5.91 Å². The van der Waals surface area contributed by atoms with E-state index in [1.807, 2.05) is 0 Å². The lowest BCUT2D eigenvalue weighted by atomic mass is 9.99. The summed E-state index contributed by atoms with van der Waals surface area (Å²) in [5.74, 6) is -0.510. The van der Waals surface area contributed by atoms with E-state index in [1.165, 1.54) is 6.07 Å². The fourth-order valence-electron chi connectivity index (χ4n) is 2.15. The number of halogens is 4. The first-order valence-corrected chi connectivity index (χ1v) is 6.63. The van der Waals surface area contributed by atoms with Crippen molar-refractivity contribution >= 4 is 23.2 Å². The summed E-state index contributed by atoms with van der Waals surface area (Å²) in [6, 6.07) is 3.03. The van der Waals surface area contributed by atoms with Gasteiger partial charge in [-0.25, -0.2) is 0 Å². The summed E-state index contributed by atoms with van der Waals surface area (Å²) in [5, 5.41) is 5.52. The molecule has 0 aromatic heterocycles. The average molecular weight is 307 g/mol. The van der Waals surface area contributed by atoms with Crippen LogP contribution in [0.1, 0.15) is 18.4 Å². The second-order valence-electron chi connectivity index (χ2n) is 4.76. The lowest BCUT2D eigenvalue weighted by Crippen LogP contribution is -2.37. The highest BCUT2D eigenvalue weighted by molar-refractivity contribution is 6.31. The summed E-state index contributed by atoms with van der Waals surface area (Å²) < 4.78 is 38.0. The van der Waals surface area contributed by atoms with Crippen LogP contribution in [0.25, 0.3) is 0 Å². The third-order valence-corrected chi connectivity index (χ3v) is 3.38. The molecule has 1 saturated heterocycles. The van der Waals surface area contributed by atoms with Crippen molar-refractivity contribution in [1.29, 1.82) is 0 Å². The number of carbonyl (C=O) groups excluding carboxylic acids is 1. The number of rotatable bonds is 2. The SMILES string of the molecule is O=C(Nc1cc(Cl)cc(C(F)(F)F)c1)C1CCCNC1. The minimum absolute atomic E-state index is 0.0584. The van der Waals surface area contributed by atoms with Gasteiger partial charge in [-0.05, 0) is 37.6 Å². The number of piperidine rings is 1. The topological polar surface area (TPSA) is 41.1 Å². The van der Waals surface area contributed by atoms with Crippen molar-refractivity contribution in [1.82, 2.24) is 5.32 Å². The zero-order chi connectivity index (χ0) is 14.8. The zero-order valence-electron chi connectivity index (χ0n) is 10.6. The van der Waals surface area contributed by atoms with Crippen LogP contribution in [0.4, 0.5) is 18.9 Å². The van der Waals surface area contributed by atoms with E-state index in [1.54, 1.807) is 0 Å². The van der Waals surface area contributed by atoms with Crippen molar-refractivity contribution in [2.75, 3.05) is 18.4 Å². The largest absolute Gasteiger partial charge is 0.416 e. The summed E-state index contributed by atoms with van der Waals surface area (Å²) in [7, 11) is 0. The van der Waals surface area contributed by atoms with E-state index < -0.39 is 11.7 Å². The van der Waals surface area contributed by atoms with Crippen molar-refractivity contribution in [3.8, 4) is 0 Å². The van der Waals surface area contributed by atoms with Crippen LogP contribution in [0.3, 0.4) is 0 Å². The van der Waals surface area contributed by atoms with Crippen LogP contribution in [0, 0.1) is 5.92 Å². The molecule has 7 heteroatoms. The average Bonchev–Trinajstić information content (AvgIpc) is 2.38. The Hall–Kier alpha value is -1.27. The first-order valence-electron chi connectivity index (χ1n) is 6.25. The molecule has 1 unspecified atom stereocenters. The van der Waals surface area contributed by atoms with E-state index in [0.29, 0.717) is 6.54 Å². The highest BCUT2D eigenvalue weighted by Gasteiger charge is 2.31. The Kier molecular flexibility index (Phi) is 4.55. The van der Waals surface area contributed by atoms with Crippen LogP contribution < -0.4 is 10.6 Å². The Balaban J connectivity index is 2.12. The van der Waals surface area contributed by atoms with Gasteiger partial charge in [-0.3, -0.25) is 4.79 Å². The summed E-state index contributed by atoms with van der Waals surface area (Å²) >= 11 is 5.66. The number of alkyl halides is 3. The molecule has 0 radical (unpaired) electrons. The van der Waals surface area contributed by atoms with Gasteiger partial charge in [0.25, 0.3) is 0 Å². The lowest BCUT2D eigenvalue weighted by molar-refractivity contribution is -0.137. The van der Waals surface area contributed by atoms with Gasteiger partial charge in [-0.2, -0.15) is 13.2 Å². The summed E-state index contributed by atoms with van der Waals surface area (Å²) in [4.78, 5) is 12.0. The predicted octanol–water partition coefficient (Wildman–Crippen LogP) is 3.30. The first-order chi connectivity index (χ1) is 9.36. The van der Waals surface area contributed by atoms with Gasteiger partial charge in [0, 0.05) is 17.3 Å². The highest BCUT2D eigenvalue weighted by Crippen LogP contribution is 2.33. The number of benzene rings is 1. The molecule has 0 saturated carbocycles. The van der Waals surface area contributed by atoms with Gasteiger partial charge in [0.05, 0.1) is 11.5 Å². The Morgan fingerprint density at radius 1 is 1.35 bits per heavy atom. The van der Waals surface area contributed by atoms with Crippen molar-refractivity contribution in [2.45, 2.75) is 19.0 Å². The van der Waals surface area contributed by atoms with Crippen LogP contribution >= 0.6 is 11.6 Å². The van der Waals surface area contributed by atoms with Gasteiger partial charge in [0.15, 0.2) is 0 Å². The summed E-state index contributed by atoms with van der Waals surface area (Å²) in [6.07, 6.45) is -2.89. The van der Waals surface area contributed by atoms with Crippen LogP contribution in [-0.4, -0.2) is 19.0 Å². The minimum Gasteiger partial charge on any atom is -0.326 e. The molecule has 2 N–H and O–H groups in total. The van der Waals surface area contributed by atoms with Crippen LogP contribution in [0.2, 0.25) is 5.02 Å². The van der Waals surface area contributed by atoms with Crippen LogP contribution in [0.5, 0.6) is 0 Å². The van der Waals surface area contributed by atoms with Crippen molar-refractivity contribution in [3.05, 3.63) is 28.8 Å². The molecule has 0 bridgehead atoms. The number of hydrogen-bond donors (Lipinski definition) is 2. The molecule has 1 aromatic carbocycles. The molecule has 110 valence electrons. The van der Waals surface area contributed by atoms with Gasteiger partial charge in [-0.1, -0.05) is 11.6 Å². The molecular formula is C13H14ClF3N2O. The Bertz CT molecular complexity index is 499. The fourth-order valence-corrected chi connectivity index (χ4v) is 2.38. The smallest absolute Gasteiger partial charge is 0.326 e. The van der Waals surface area contributed by atoms with Gasteiger partial charge in [-0.15, -0.1) is 0 Å². The molecule has 3 nitrogen and oxygen atoms in total. The Labute approximate surface area is 119 Å². The maximum Gasteiger partial charge on any atom is 0.416 e. The first kappa shape index (κ1) is 15.1. The van der Waals surface area contributed by atoms with E-state index in [9.17, 15) is 18.0 Å². The van der Waals surface area contributed by atoms with Crippen molar-refractivity contribution in [2.24, 2.45) is 5.92 Å². The van der Waals surface area contributed by atoms with E-state index in [2.05, 4.69) is 10.6 Å². The van der Waals surface area contributed by atoms with E-state index in [0.717, 1.165) is 31.5 Å². The molecule has 1 atom stereocenters. The number of nitrogens with one attached hydrogen (secondary N) is 2. The van der Waals surface area contributed by atoms with E-state index >= 15 is 0 Å². The van der Waals surface area contributed by atoms with Gasteiger partial charge < -0.3 is 10.6 Å². The van der Waals surface area contributed by atoms with Crippen LogP contribution in [0.15, 0.2) is 18.2 Å². The Morgan fingerprint density at radius 2 is 2.10 bits per heavy atom. The quantitative estimate of drug-likeness (QED) is 0.880. The maximum atomic E-state index is 12.7. The van der Waals surface area contributed by atoms with Crippen LogP contribution in [-0.2, 0) is 11.0 Å². The molecule has 0 aliphatic carbocycles. The normalized spacial score (nSPS) is 19.7. The standard InChI is InChI=1S/C13H14ClF3N2O/c14-10-4-9(13(15,16)17)5-11(6-10)19-12(20)8-2-1-3-18-7-8/h4-6,8,18H,1-3,7H2,(H,19,20). The number of carbonyl (C=O) groups is 1. The molecule has 1 amide bonds. The number of hydrogen-bond acceptors (Lipinski definition) is 2. The predicted molar refractivity (Wildman–Crippen MR) is 70.7 cm³/mol. The summed E-state index contributed by atoms with van der Waals surface area (Å²) in [5.41, 5.74) is -0.803. The molecule has 1 aliphatic heterocycles. The monoisotopic (exact) mass is 306 g/mol. The van der Waals surface area contributed by atoms with E-state index in [-0.39, 0.29) is 22.5 Å². The molecular weight excluding hydrogens is 293 g/mol. The van der Waals surface area contributed by atoms with Crippen molar-refractivity contribution < 1.29 is 18.0 Å². The third kappa shape index (κ3) is 3.86. The summed E-state index contributed by atoms with van der Waals surface area (Å²) in [6.45, 7) is 1.40. The third-order valence-electron chi connectivity index (χ3n) is 3.16. The number of amides is 1. The lowest BCUT2D eigenvalue weighted by Gasteiger charge is -2.22. The molecule has 2 rings (SSSR count). The maximum absolute atomic E-state index is 12.7.